The molecule has 2 rings (SSSR count). The molecule has 0 aromatic rings. The summed E-state index contributed by atoms with van der Waals surface area (Å²) in [7, 11) is 0. The Balaban J connectivity index is 2.29. The van der Waals surface area contributed by atoms with Gasteiger partial charge < -0.3 is 0 Å². The van der Waals surface area contributed by atoms with E-state index in [0.29, 0.717) is 10.8 Å². The van der Waals surface area contributed by atoms with Crippen molar-refractivity contribution in [3.8, 4) is 0 Å². The van der Waals surface area contributed by atoms with Crippen LogP contribution in [0.25, 0.3) is 0 Å². The van der Waals surface area contributed by atoms with E-state index >= 15 is 0 Å². The third-order valence-electron chi connectivity index (χ3n) is 6.70. The van der Waals surface area contributed by atoms with Gasteiger partial charge in [-0.15, -0.1) is 0 Å². The number of hydrogen-bond donors (Lipinski definition) is 0. The summed E-state index contributed by atoms with van der Waals surface area (Å²) in [5, 5.41) is 0. The van der Waals surface area contributed by atoms with Crippen molar-refractivity contribution < 1.29 is 0 Å². The minimum atomic E-state index is 0.451. The molecule has 0 heteroatoms. The molecule has 0 aliphatic heterocycles. The SMILES string of the molecule is CC1C[C](C2C(C)C(C)CC2(C)C)C(C)(C)CC1C. The summed E-state index contributed by atoms with van der Waals surface area (Å²) in [6.45, 7) is 20.0. The van der Waals surface area contributed by atoms with Gasteiger partial charge in [0.25, 0.3) is 0 Å². The van der Waals surface area contributed by atoms with Crippen molar-refractivity contribution in [3.63, 3.8) is 0 Å². The van der Waals surface area contributed by atoms with Gasteiger partial charge >= 0.3 is 0 Å². The minimum Gasteiger partial charge on any atom is -0.0622 e. The molecule has 0 aromatic heterocycles. The molecule has 0 nitrogen and oxygen atoms in total. The van der Waals surface area contributed by atoms with Gasteiger partial charge in [0, 0.05) is 0 Å². The van der Waals surface area contributed by atoms with Crippen LogP contribution in [0.3, 0.4) is 0 Å². The van der Waals surface area contributed by atoms with Crippen LogP contribution >= 0.6 is 0 Å². The highest BCUT2D eigenvalue weighted by atomic mass is 14.6. The molecule has 5 unspecified atom stereocenters. The highest BCUT2D eigenvalue weighted by Crippen LogP contribution is 2.61. The maximum Gasteiger partial charge on any atom is -0.0143 e. The van der Waals surface area contributed by atoms with E-state index in [1.807, 2.05) is 5.92 Å². The molecule has 0 aromatic carbocycles. The van der Waals surface area contributed by atoms with Crippen molar-refractivity contribution in [1.29, 1.82) is 0 Å². The second-order valence-electron chi connectivity index (χ2n) is 9.28. The molecular formula is C19H35. The fraction of sp³-hybridized carbons (Fsp3) is 0.947. The molecule has 0 saturated heterocycles. The van der Waals surface area contributed by atoms with Crippen LogP contribution in [-0.4, -0.2) is 0 Å². The molecule has 2 aliphatic carbocycles. The van der Waals surface area contributed by atoms with Crippen LogP contribution in [0.4, 0.5) is 0 Å². The van der Waals surface area contributed by atoms with Crippen LogP contribution in [-0.2, 0) is 0 Å². The molecule has 0 bridgehead atoms. The van der Waals surface area contributed by atoms with Crippen LogP contribution in [0.15, 0.2) is 0 Å². The number of rotatable bonds is 1. The Morgan fingerprint density at radius 2 is 1.37 bits per heavy atom. The van der Waals surface area contributed by atoms with E-state index < -0.39 is 0 Å². The van der Waals surface area contributed by atoms with Crippen LogP contribution in [0.5, 0.6) is 0 Å². The van der Waals surface area contributed by atoms with E-state index in [0.717, 1.165) is 29.6 Å². The zero-order valence-corrected chi connectivity index (χ0v) is 14.5. The van der Waals surface area contributed by atoms with Crippen molar-refractivity contribution in [1.82, 2.24) is 0 Å². The monoisotopic (exact) mass is 263 g/mol. The third kappa shape index (κ3) is 2.61. The lowest BCUT2D eigenvalue weighted by atomic mass is 9.54. The van der Waals surface area contributed by atoms with E-state index in [2.05, 4.69) is 55.4 Å². The van der Waals surface area contributed by atoms with Gasteiger partial charge in [0.1, 0.15) is 0 Å². The maximum atomic E-state index is 2.52. The lowest BCUT2D eigenvalue weighted by Gasteiger charge is -2.51. The van der Waals surface area contributed by atoms with E-state index in [-0.39, 0.29) is 0 Å². The molecule has 0 amide bonds. The first-order valence-corrected chi connectivity index (χ1v) is 8.42. The van der Waals surface area contributed by atoms with Crippen molar-refractivity contribution in [2.24, 2.45) is 40.4 Å². The van der Waals surface area contributed by atoms with Gasteiger partial charge in [-0.3, -0.25) is 0 Å². The summed E-state index contributed by atoms with van der Waals surface area (Å²) in [4.78, 5) is 0. The first-order valence-electron chi connectivity index (χ1n) is 8.42. The van der Waals surface area contributed by atoms with Gasteiger partial charge in [-0.25, -0.2) is 0 Å². The summed E-state index contributed by atoms with van der Waals surface area (Å²) < 4.78 is 0. The van der Waals surface area contributed by atoms with Crippen molar-refractivity contribution in [2.75, 3.05) is 0 Å². The fourth-order valence-electron chi connectivity index (χ4n) is 5.48. The smallest absolute Gasteiger partial charge is 0.0143 e. The Hall–Kier alpha value is 0. The summed E-state index contributed by atoms with van der Waals surface area (Å²) in [6, 6.07) is 0. The second-order valence-corrected chi connectivity index (χ2v) is 9.28. The molecule has 1 radical (unpaired) electrons. The van der Waals surface area contributed by atoms with Crippen LogP contribution in [0.2, 0.25) is 0 Å². The molecule has 2 saturated carbocycles. The van der Waals surface area contributed by atoms with Crippen molar-refractivity contribution in [2.45, 2.75) is 74.7 Å². The predicted octanol–water partition coefficient (Wildman–Crippen LogP) is 5.97. The van der Waals surface area contributed by atoms with Gasteiger partial charge in [0.15, 0.2) is 0 Å². The van der Waals surface area contributed by atoms with E-state index in [9.17, 15) is 0 Å². The Morgan fingerprint density at radius 1 is 0.789 bits per heavy atom. The van der Waals surface area contributed by atoms with E-state index in [1.165, 1.54) is 19.3 Å². The quantitative estimate of drug-likeness (QED) is 0.546. The average Bonchev–Trinajstić information content (AvgIpc) is 2.42. The Kier molecular flexibility index (Phi) is 3.87. The fourth-order valence-corrected chi connectivity index (χ4v) is 5.48. The molecule has 5 atom stereocenters. The summed E-state index contributed by atoms with van der Waals surface area (Å²) in [5.74, 6) is 6.26. The molecule has 111 valence electrons. The third-order valence-corrected chi connectivity index (χ3v) is 6.70. The normalized spacial score (nSPS) is 46.4. The van der Waals surface area contributed by atoms with Gasteiger partial charge in [0.2, 0.25) is 0 Å². The summed E-state index contributed by atoms with van der Waals surface area (Å²) >= 11 is 0. The van der Waals surface area contributed by atoms with Crippen LogP contribution < -0.4 is 0 Å². The molecule has 19 heavy (non-hydrogen) atoms. The summed E-state index contributed by atoms with van der Waals surface area (Å²) in [6.07, 6.45) is 4.17. The Bertz CT molecular complexity index is 325. The van der Waals surface area contributed by atoms with Gasteiger partial charge in [-0.05, 0) is 65.6 Å². The van der Waals surface area contributed by atoms with Gasteiger partial charge in [-0.2, -0.15) is 0 Å². The minimum absolute atomic E-state index is 0.451. The molecule has 0 spiro atoms. The highest BCUT2D eigenvalue weighted by Gasteiger charge is 2.53. The molecule has 0 N–H and O–H groups in total. The van der Waals surface area contributed by atoms with Crippen LogP contribution in [0, 0.1) is 46.3 Å². The first-order chi connectivity index (χ1) is 8.56. The molecule has 0 heterocycles. The van der Waals surface area contributed by atoms with E-state index in [1.54, 1.807) is 0 Å². The lowest BCUT2D eigenvalue weighted by Crippen LogP contribution is -2.42. The molecule has 2 fully saturated rings. The first kappa shape index (κ1) is 15.4. The zero-order valence-electron chi connectivity index (χ0n) is 14.5. The number of hydrogen-bond acceptors (Lipinski definition) is 0. The second kappa shape index (κ2) is 4.78. The van der Waals surface area contributed by atoms with Gasteiger partial charge in [0.05, 0.1) is 0 Å². The predicted molar refractivity (Wildman–Crippen MR) is 84.8 cm³/mol. The van der Waals surface area contributed by atoms with Crippen molar-refractivity contribution in [3.05, 3.63) is 5.92 Å². The van der Waals surface area contributed by atoms with Crippen LogP contribution in [0.1, 0.15) is 74.7 Å². The Labute approximate surface area is 121 Å². The Morgan fingerprint density at radius 3 is 1.84 bits per heavy atom. The van der Waals surface area contributed by atoms with E-state index in [4.69, 9.17) is 0 Å². The van der Waals surface area contributed by atoms with Crippen molar-refractivity contribution >= 4 is 0 Å². The largest absolute Gasteiger partial charge is 0.0622 e. The maximum absolute atomic E-state index is 2.52. The topological polar surface area (TPSA) is 0 Å². The van der Waals surface area contributed by atoms with Gasteiger partial charge in [-0.1, -0.05) is 55.4 Å². The zero-order chi connectivity index (χ0) is 14.6. The lowest BCUT2D eigenvalue weighted by molar-refractivity contribution is 0.0901. The standard InChI is InChI=1S/C19H35/c1-12-9-16(18(5,6)10-13(12)2)17-15(4)14(3)11-19(17,7)8/h12-15,17H,9-11H2,1-8H3. The highest BCUT2D eigenvalue weighted by molar-refractivity contribution is 5.17. The average molecular weight is 263 g/mol. The summed E-state index contributed by atoms with van der Waals surface area (Å²) in [5.41, 5.74) is 0.956. The molecular weight excluding hydrogens is 228 g/mol. The molecule has 2 aliphatic rings.